The summed E-state index contributed by atoms with van der Waals surface area (Å²) in [6.45, 7) is 0.307. The summed E-state index contributed by atoms with van der Waals surface area (Å²) in [6, 6.07) is 6.06. The minimum absolute atomic E-state index is 0. The second-order valence-electron chi connectivity index (χ2n) is 3.29. The van der Waals surface area contributed by atoms with Gasteiger partial charge in [0.25, 0.3) is 0 Å². The van der Waals surface area contributed by atoms with Crippen LogP contribution in [0.5, 0.6) is 5.75 Å². The zero-order valence-corrected chi connectivity index (χ0v) is 13.0. The van der Waals surface area contributed by atoms with Crippen LogP contribution >= 0.6 is 15.9 Å². The van der Waals surface area contributed by atoms with Crippen molar-refractivity contribution in [3.05, 3.63) is 34.2 Å². The van der Waals surface area contributed by atoms with E-state index in [2.05, 4.69) is 22.0 Å². The molecule has 1 saturated carbocycles. The van der Waals surface area contributed by atoms with Crippen molar-refractivity contribution in [3.63, 3.8) is 0 Å². The zero-order valence-electron chi connectivity index (χ0n) is 8.63. The van der Waals surface area contributed by atoms with Crippen molar-refractivity contribution in [2.45, 2.75) is 12.8 Å². The molecule has 0 bridgehead atoms. The first kappa shape index (κ1) is 13.5. The third kappa shape index (κ3) is 3.74. The summed E-state index contributed by atoms with van der Waals surface area (Å²) in [5.74, 6) is 2.39. The fourth-order valence-corrected chi connectivity index (χ4v) is 1.72. The minimum atomic E-state index is 0. The molecule has 1 aliphatic rings. The second kappa shape index (κ2) is 6.24. The number of ether oxygens (including phenoxy) is 2. The molecule has 79 valence electrons. The Hall–Kier alpha value is 0.434. The van der Waals surface area contributed by atoms with E-state index in [9.17, 15) is 0 Å². The van der Waals surface area contributed by atoms with E-state index in [1.807, 2.05) is 12.1 Å². The first-order valence-corrected chi connectivity index (χ1v) is 5.37. The van der Waals surface area contributed by atoms with E-state index in [1.165, 1.54) is 24.3 Å². The van der Waals surface area contributed by atoms with Gasteiger partial charge in [-0.15, -0.1) is 11.6 Å². The van der Waals surface area contributed by atoms with Gasteiger partial charge in [-0.3, -0.25) is 0 Å². The van der Waals surface area contributed by atoms with Crippen molar-refractivity contribution < 1.29 is 42.2 Å². The summed E-state index contributed by atoms with van der Waals surface area (Å²) >= 11 is 3.46. The van der Waals surface area contributed by atoms with Gasteiger partial charge in [-0.05, 0) is 4.47 Å². The molecule has 0 aliphatic heterocycles. The summed E-state index contributed by atoms with van der Waals surface area (Å²) < 4.78 is 11.5. The Balaban J connectivity index is 0.00000112. The van der Waals surface area contributed by atoms with Gasteiger partial charge in [0.1, 0.15) is 0 Å². The molecule has 15 heavy (non-hydrogen) atoms. The monoisotopic (exact) mass is 344 g/mol. The zero-order chi connectivity index (χ0) is 9.97. The van der Waals surface area contributed by atoms with Crippen molar-refractivity contribution in [2.75, 3.05) is 13.9 Å². The number of methoxy groups -OCH3 is 1. The van der Waals surface area contributed by atoms with Gasteiger partial charge in [0, 0.05) is 45.6 Å². The maximum Gasteiger partial charge on any atom is 0.174 e. The predicted molar refractivity (Wildman–Crippen MR) is 58.2 cm³/mol. The second-order valence-corrected chi connectivity index (χ2v) is 4.21. The van der Waals surface area contributed by atoms with E-state index in [4.69, 9.17) is 9.47 Å². The molecule has 1 radical (unpaired) electrons. The smallest absolute Gasteiger partial charge is 0.174 e. The van der Waals surface area contributed by atoms with Gasteiger partial charge in [-0.25, -0.2) is 0 Å². The Bertz CT molecular complexity index is 326. The third-order valence-corrected chi connectivity index (χ3v) is 2.65. The number of halogens is 1. The van der Waals surface area contributed by atoms with Crippen LogP contribution in [0.4, 0.5) is 0 Å². The van der Waals surface area contributed by atoms with Crippen LogP contribution in [0.1, 0.15) is 18.4 Å². The molecule has 0 atom stereocenters. The van der Waals surface area contributed by atoms with Gasteiger partial charge < -0.3 is 9.47 Å². The molecular formula is C11H12BrO2Y-. The van der Waals surface area contributed by atoms with Crippen LogP contribution in [0, 0.1) is 5.92 Å². The minimum Gasteiger partial charge on any atom is -0.528 e. The molecule has 0 amide bonds. The van der Waals surface area contributed by atoms with Gasteiger partial charge in [-0.2, -0.15) is 5.92 Å². The summed E-state index contributed by atoms with van der Waals surface area (Å²) in [5, 5.41) is 0. The quantitative estimate of drug-likeness (QED) is 0.617. The van der Waals surface area contributed by atoms with E-state index in [0.717, 1.165) is 10.2 Å². The van der Waals surface area contributed by atoms with Gasteiger partial charge in [0.2, 0.25) is 0 Å². The van der Waals surface area contributed by atoms with Crippen LogP contribution in [-0.4, -0.2) is 13.9 Å². The van der Waals surface area contributed by atoms with Crippen LogP contribution in [0.3, 0.4) is 0 Å². The van der Waals surface area contributed by atoms with Crippen molar-refractivity contribution >= 4 is 15.9 Å². The Kier molecular flexibility index (Phi) is 5.61. The van der Waals surface area contributed by atoms with Crippen molar-refractivity contribution in [3.8, 4) is 5.75 Å². The first-order chi connectivity index (χ1) is 6.81. The third-order valence-electron chi connectivity index (χ3n) is 2.15. The molecule has 2 rings (SSSR count). The fraction of sp³-hybridized carbons (Fsp3) is 0.364. The van der Waals surface area contributed by atoms with Crippen LogP contribution in [0.25, 0.3) is 0 Å². The van der Waals surface area contributed by atoms with Gasteiger partial charge >= 0.3 is 0 Å². The molecular weight excluding hydrogens is 333 g/mol. The summed E-state index contributed by atoms with van der Waals surface area (Å²) in [7, 11) is 1.63. The van der Waals surface area contributed by atoms with Crippen molar-refractivity contribution in [1.82, 2.24) is 0 Å². The largest absolute Gasteiger partial charge is 0.528 e. The van der Waals surface area contributed by atoms with E-state index in [-0.39, 0.29) is 32.7 Å². The molecule has 0 N–H and O–H groups in total. The summed E-state index contributed by atoms with van der Waals surface area (Å²) in [5.41, 5.74) is 1.22. The Morgan fingerprint density at radius 2 is 2.13 bits per heavy atom. The normalized spacial score (nSPS) is 13.3. The Labute approximate surface area is 124 Å². The maximum absolute atomic E-state index is 5.48. The van der Waals surface area contributed by atoms with Crippen LogP contribution in [0.2, 0.25) is 0 Å². The molecule has 0 unspecified atom stereocenters. The molecule has 0 aromatic heterocycles. The van der Waals surface area contributed by atoms with E-state index in [1.54, 1.807) is 7.11 Å². The average Bonchev–Trinajstić information content (AvgIpc) is 2.99. The number of hydrogen-bond acceptors (Lipinski definition) is 2. The average molecular weight is 345 g/mol. The standard InChI is InChI=1S/C11H12BrO2.Y/c1-13-7-14-11-5-4-9(12)6-10(11)8-2-3-8;/h4-6H,2-3,7H2,1H3;/q-1;. The molecule has 1 aromatic rings. The molecule has 0 heterocycles. The van der Waals surface area contributed by atoms with Crippen LogP contribution < -0.4 is 4.74 Å². The molecule has 4 heteroatoms. The molecule has 1 fully saturated rings. The van der Waals surface area contributed by atoms with Crippen molar-refractivity contribution in [1.29, 1.82) is 0 Å². The molecule has 0 spiro atoms. The van der Waals surface area contributed by atoms with Gasteiger partial charge in [-0.1, -0.05) is 40.9 Å². The van der Waals surface area contributed by atoms with E-state index >= 15 is 0 Å². The predicted octanol–water partition coefficient (Wildman–Crippen LogP) is 3.15. The first-order valence-electron chi connectivity index (χ1n) is 4.57. The topological polar surface area (TPSA) is 18.5 Å². The molecule has 0 saturated heterocycles. The van der Waals surface area contributed by atoms with Gasteiger partial charge in [0.05, 0.1) is 0 Å². The van der Waals surface area contributed by atoms with E-state index in [0.29, 0.717) is 6.79 Å². The number of benzene rings is 1. The molecule has 1 aliphatic carbocycles. The molecule has 2 nitrogen and oxygen atoms in total. The number of hydrogen-bond donors (Lipinski definition) is 0. The summed E-state index contributed by atoms with van der Waals surface area (Å²) in [6.07, 6.45) is 2.39. The van der Waals surface area contributed by atoms with Crippen molar-refractivity contribution in [2.24, 2.45) is 0 Å². The maximum atomic E-state index is 5.48. The summed E-state index contributed by atoms with van der Waals surface area (Å²) in [4.78, 5) is 0. The van der Waals surface area contributed by atoms with Crippen LogP contribution in [0.15, 0.2) is 22.7 Å². The number of rotatable bonds is 4. The van der Waals surface area contributed by atoms with E-state index < -0.39 is 0 Å². The SMILES string of the molecule is COCOc1ccc(Br)cc1[C-]1CC1.[Y]. The Morgan fingerprint density at radius 3 is 2.73 bits per heavy atom. The van der Waals surface area contributed by atoms with Crippen LogP contribution in [-0.2, 0) is 37.4 Å². The fourth-order valence-electron chi connectivity index (χ4n) is 1.36. The Morgan fingerprint density at radius 1 is 1.40 bits per heavy atom. The van der Waals surface area contributed by atoms with Gasteiger partial charge in [0.15, 0.2) is 6.79 Å². The molecule has 1 aromatic carbocycles.